The molecule has 1 rings (SSSR count). The molecule has 1 unspecified atom stereocenters. The lowest BCUT2D eigenvalue weighted by atomic mass is 9.99. The van der Waals surface area contributed by atoms with Crippen LogP contribution in [0.2, 0.25) is 0 Å². The normalized spacial score (nSPS) is 32.7. The van der Waals surface area contributed by atoms with Crippen molar-refractivity contribution in [1.82, 2.24) is 4.90 Å². The predicted molar refractivity (Wildman–Crippen MR) is 77.9 cm³/mol. The van der Waals surface area contributed by atoms with Crippen LogP contribution in [-0.4, -0.2) is 46.1 Å². The standard InChI is InChI=1S/C11H20BNO2PS/c1-4-10-9(7-15-17-16-12)6-11(8(3)14)13(10)5-2/h4,9-12,16H,1,5-7H2,2-3H3/t9-,10-,11+,16?/m0/s1/i12T,16D. The summed E-state index contributed by atoms with van der Waals surface area (Å²) in [5.41, 5.74) is 0. The Morgan fingerprint density at radius 3 is 3.29 bits per heavy atom. The van der Waals surface area contributed by atoms with Crippen molar-refractivity contribution in [3.8, 4) is 0 Å². The summed E-state index contributed by atoms with van der Waals surface area (Å²) in [5.74, 6) is 0.416. The molecule has 1 saturated heterocycles. The van der Waals surface area contributed by atoms with Gasteiger partial charge in [0.25, 0.3) is 0 Å². The van der Waals surface area contributed by atoms with Crippen LogP contribution in [0.15, 0.2) is 12.7 Å². The summed E-state index contributed by atoms with van der Waals surface area (Å²) in [4.78, 5) is 13.8. The van der Waals surface area contributed by atoms with Gasteiger partial charge >= 0.3 is 0 Å². The number of hydrogen-bond donors (Lipinski definition) is 0. The van der Waals surface area contributed by atoms with E-state index in [4.69, 9.17) is 6.80 Å². The summed E-state index contributed by atoms with van der Waals surface area (Å²) < 4.78 is 19.9. The van der Waals surface area contributed by atoms with E-state index in [1.807, 2.05) is 13.0 Å². The Kier molecular flexibility index (Phi) is 5.45. The third-order valence-electron chi connectivity index (χ3n) is 3.25. The number of likely N-dealkylation sites (tertiary alicyclic amines) is 1. The molecule has 0 bridgehead atoms. The number of rotatable bonds is 8. The van der Waals surface area contributed by atoms with Gasteiger partial charge in [0.15, 0.2) is 0 Å². The zero-order valence-electron chi connectivity index (χ0n) is 12.3. The SMILES string of the molecule is [2H]P([B][3H])SOC[C@@H]1C[C@H](C(C)=O)N(CC)[C@H]1C=C. The van der Waals surface area contributed by atoms with Gasteiger partial charge < -0.3 is 4.18 Å². The highest BCUT2D eigenvalue weighted by molar-refractivity contribution is 8.53. The third-order valence-corrected chi connectivity index (χ3v) is 4.15. The van der Waals surface area contributed by atoms with Crippen molar-refractivity contribution in [3.05, 3.63) is 12.7 Å². The Bertz CT molecular complexity index is 327. The van der Waals surface area contributed by atoms with Crippen LogP contribution in [0.25, 0.3) is 0 Å². The molecule has 0 saturated carbocycles. The lowest BCUT2D eigenvalue weighted by molar-refractivity contribution is -0.121. The molecule has 1 heterocycles. The highest BCUT2D eigenvalue weighted by Crippen LogP contribution is 2.34. The molecule has 6 heteroatoms. The average molecular weight is 275 g/mol. The molecular weight excluding hydrogens is 252 g/mol. The first-order chi connectivity index (χ1) is 9.04. The maximum absolute atomic E-state index is 11.7. The second-order valence-corrected chi connectivity index (χ2v) is 5.82. The van der Waals surface area contributed by atoms with Crippen molar-refractivity contribution in [3.63, 3.8) is 0 Å². The molecule has 0 aromatic rings. The fraction of sp³-hybridized carbons (Fsp3) is 0.727. The number of likely N-dealkylation sites (N-methyl/N-ethyl adjacent to an activating group) is 1. The van der Waals surface area contributed by atoms with Crippen molar-refractivity contribution < 1.29 is 8.98 Å². The molecule has 0 N–H and O–H groups in total. The molecule has 95 valence electrons. The van der Waals surface area contributed by atoms with Gasteiger partial charge in [0.2, 0.25) is 0 Å². The van der Waals surface area contributed by atoms with Crippen LogP contribution >= 0.6 is 19.3 Å². The van der Waals surface area contributed by atoms with Gasteiger partial charge in [-0.2, -0.15) is 0 Å². The van der Waals surface area contributed by atoms with Crippen LogP contribution in [-0.2, 0) is 8.98 Å². The summed E-state index contributed by atoms with van der Waals surface area (Å²) in [6.45, 7) is 8.84. The van der Waals surface area contributed by atoms with Crippen molar-refractivity contribution in [2.75, 3.05) is 13.2 Å². The summed E-state index contributed by atoms with van der Waals surface area (Å²) >= 11 is 1.04. The summed E-state index contributed by atoms with van der Waals surface area (Å²) in [6.07, 6.45) is 2.66. The quantitative estimate of drug-likeness (QED) is 0.293. The summed E-state index contributed by atoms with van der Waals surface area (Å²) in [7, 11) is -0.182. The molecule has 0 aromatic heterocycles. The molecule has 1 fully saturated rings. The minimum Gasteiger partial charge on any atom is -0.312 e. The van der Waals surface area contributed by atoms with E-state index in [1.54, 1.807) is 6.92 Å². The summed E-state index contributed by atoms with van der Waals surface area (Å²) in [5, 5.41) is 0. The lowest BCUT2D eigenvalue weighted by Gasteiger charge is -2.26. The topological polar surface area (TPSA) is 29.5 Å². The van der Waals surface area contributed by atoms with Crippen molar-refractivity contribution in [1.29, 1.82) is 2.61 Å². The van der Waals surface area contributed by atoms with E-state index in [9.17, 15) is 4.79 Å². The van der Waals surface area contributed by atoms with Gasteiger partial charge in [0.05, 0.1) is 13.9 Å². The van der Waals surface area contributed by atoms with Crippen LogP contribution in [0.5, 0.6) is 0 Å². The predicted octanol–water partition coefficient (Wildman–Crippen LogP) is 1.91. The second kappa shape index (κ2) is 7.57. The third kappa shape index (κ3) is 3.82. The molecule has 1 radical (unpaired) electrons. The van der Waals surface area contributed by atoms with E-state index < -0.39 is 7.61 Å². The number of Topliss-reactive ketones (excluding diaryl/α,β-unsaturated/α-hetero) is 1. The first kappa shape index (κ1) is 12.2. The molecule has 1 aliphatic heterocycles. The molecule has 17 heavy (non-hydrogen) atoms. The van der Waals surface area contributed by atoms with Crippen LogP contribution in [0.3, 0.4) is 0 Å². The zero-order chi connectivity index (χ0) is 14.4. The van der Waals surface area contributed by atoms with E-state index in [2.05, 4.69) is 11.5 Å². The number of nitrogens with zero attached hydrogens (tertiary/aromatic N) is 1. The molecule has 1 aliphatic rings. The molecule has 4 atom stereocenters. The average Bonchev–Trinajstić information content (AvgIpc) is 2.76. The molecule has 0 aromatic carbocycles. The van der Waals surface area contributed by atoms with Gasteiger partial charge in [-0.3, -0.25) is 9.69 Å². The van der Waals surface area contributed by atoms with Crippen molar-refractivity contribution in [2.45, 2.75) is 32.4 Å². The second-order valence-electron chi connectivity index (χ2n) is 4.14. The fourth-order valence-corrected chi connectivity index (χ4v) is 3.18. The van der Waals surface area contributed by atoms with Crippen molar-refractivity contribution >= 4 is 32.6 Å². The Balaban J connectivity index is 2.57. The number of ketones is 1. The Morgan fingerprint density at radius 2 is 2.76 bits per heavy atom. The van der Waals surface area contributed by atoms with E-state index >= 15 is 0 Å². The largest absolute Gasteiger partial charge is 0.312 e. The number of hydrogen-bond acceptors (Lipinski definition) is 4. The van der Waals surface area contributed by atoms with E-state index in [1.165, 1.54) is 0 Å². The minimum absolute atomic E-state index is 0.0492. The van der Waals surface area contributed by atoms with Gasteiger partial charge in [0.1, 0.15) is 13.3 Å². The highest BCUT2D eigenvalue weighted by Gasteiger charge is 2.40. The highest BCUT2D eigenvalue weighted by atomic mass is 32.7. The smallest absolute Gasteiger partial charge is 0.146 e. The Labute approximate surface area is 113 Å². The van der Waals surface area contributed by atoms with Gasteiger partial charge in [0, 0.05) is 23.6 Å². The molecular formula is C11H20BNO2PS. The minimum atomic E-state index is -1.28. The number of carbonyl (C=O) groups is 1. The van der Waals surface area contributed by atoms with E-state index in [0.717, 1.165) is 32.2 Å². The molecule has 3 nitrogen and oxygen atoms in total. The van der Waals surface area contributed by atoms with E-state index in [-0.39, 0.29) is 23.8 Å². The van der Waals surface area contributed by atoms with Crippen LogP contribution in [0.4, 0.5) is 0 Å². The molecule has 0 amide bonds. The maximum Gasteiger partial charge on any atom is 0.146 e. The molecule has 0 spiro atoms. The summed E-state index contributed by atoms with van der Waals surface area (Å²) in [6, 6.07) is 0.100. The zero-order valence-corrected chi connectivity index (χ0v) is 12.0. The van der Waals surface area contributed by atoms with E-state index in [0.29, 0.717) is 6.61 Å². The fourth-order valence-electron chi connectivity index (χ4n) is 2.51. The van der Waals surface area contributed by atoms with Crippen LogP contribution in [0.1, 0.15) is 20.3 Å². The maximum atomic E-state index is 11.7. The van der Waals surface area contributed by atoms with Gasteiger partial charge in [-0.05, 0) is 21.2 Å². The van der Waals surface area contributed by atoms with Crippen LogP contribution in [0, 0.1) is 5.92 Å². The van der Waals surface area contributed by atoms with Crippen LogP contribution < -0.4 is 0 Å². The number of carbonyl (C=O) groups excluding carboxylic acids is 1. The lowest BCUT2D eigenvalue weighted by Crippen LogP contribution is -2.39. The van der Waals surface area contributed by atoms with Crippen molar-refractivity contribution in [2.24, 2.45) is 5.92 Å². The first-order valence-corrected chi connectivity index (χ1v) is 8.04. The Morgan fingerprint density at radius 1 is 2.00 bits per heavy atom. The van der Waals surface area contributed by atoms with Gasteiger partial charge in [-0.1, -0.05) is 20.6 Å². The van der Waals surface area contributed by atoms with Gasteiger partial charge in [-0.15, -0.1) is 6.58 Å². The van der Waals surface area contributed by atoms with Gasteiger partial charge in [-0.25, -0.2) is 0 Å². The first-order valence-electron chi connectivity index (χ1n) is 6.75. The monoisotopic (exact) mass is 275 g/mol. The Hall–Kier alpha value is 0.175. The molecule has 0 aliphatic carbocycles.